The molecule has 0 atom stereocenters. The third-order valence-corrected chi connectivity index (χ3v) is 12.8. The van der Waals surface area contributed by atoms with Crippen LogP contribution in [0, 0.1) is 24.2 Å². The van der Waals surface area contributed by atoms with E-state index in [-0.39, 0.29) is 42.7 Å². The molecule has 3 heterocycles. The van der Waals surface area contributed by atoms with E-state index in [1.54, 1.807) is 0 Å². The third-order valence-electron chi connectivity index (χ3n) is 12.8. The molecule has 0 unspecified atom stereocenters. The van der Waals surface area contributed by atoms with Crippen molar-refractivity contribution in [3.05, 3.63) is 210 Å². The van der Waals surface area contributed by atoms with Crippen molar-refractivity contribution < 1.29 is 25.8 Å². The van der Waals surface area contributed by atoms with Gasteiger partial charge in [0.2, 0.25) is 0 Å². The SMILES string of the molecule is CC(C)(C)C1=CN(c2[c-]c(Oc3[c-]c4c(cc3)c3ccccc3n4-c3cc(C(C)(C)c4ccccc4)ccn3)cc(C(C)(C)C)c2)[CH-]N1c1ccc(C(C)(C)c2ccccc2)cc1.[Pt]. The minimum atomic E-state index is -0.224. The van der Waals surface area contributed by atoms with Crippen molar-refractivity contribution in [3.8, 4) is 17.3 Å². The monoisotopic (exact) mass is 1020 g/mol. The molecule has 0 bridgehead atoms. The zero-order valence-corrected chi connectivity index (χ0v) is 40.9. The van der Waals surface area contributed by atoms with Crippen LogP contribution in [0.5, 0.6) is 11.5 Å². The Labute approximate surface area is 394 Å². The standard InChI is InChI=1S/C58H57N4O.Pt/c1-55(2,3)44-33-46(60-38-53(56(4,5)6)61(39-60)45-27-25-42(26-28-45)57(7,8)40-19-13-11-14-20-40)36-48(34-44)63-47-29-30-50-49-23-17-18-24-51(49)62(52(50)37-47)54-35-43(31-32-59-54)58(9,10)41-21-15-12-16-22-41;/h11-35,38-39H,1-10H3;/q-3;. The van der Waals surface area contributed by atoms with Gasteiger partial charge in [-0.05, 0) is 69.6 Å². The third kappa shape index (κ3) is 8.43. The molecule has 9 rings (SSSR count). The second kappa shape index (κ2) is 16.9. The van der Waals surface area contributed by atoms with Crippen molar-refractivity contribution in [1.82, 2.24) is 9.55 Å². The van der Waals surface area contributed by atoms with E-state index < -0.39 is 0 Å². The summed E-state index contributed by atoms with van der Waals surface area (Å²) in [4.78, 5) is 9.45. The number of para-hydroxylation sites is 1. The molecule has 0 radical (unpaired) electrons. The van der Waals surface area contributed by atoms with Gasteiger partial charge in [-0.2, -0.15) is 6.07 Å². The number of rotatable bonds is 9. The number of nitrogens with zero attached hydrogens (tertiary/aromatic N) is 4. The summed E-state index contributed by atoms with van der Waals surface area (Å²) in [6.45, 7) is 24.8. The first-order valence-corrected chi connectivity index (χ1v) is 22.0. The number of aromatic nitrogens is 2. The number of anilines is 2. The fraction of sp³-hybridized carbons (Fsp3) is 0.241. The Morgan fingerprint density at radius 3 is 1.78 bits per heavy atom. The van der Waals surface area contributed by atoms with Gasteiger partial charge in [0.25, 0.3) is 0 Å². The van der Waals surface area contributed by atoms with Crippen molar-refractivity contribution in [3.63, 3.8) is 0 Å². The number of hydrogen-bond donors (Lipinski definition) is 0. The van der Waals surface area contributed by atoms with E-state index in [4.69, 9.17) is 9.72 Å². The smallest absolute Gasteiger partial charge is 0.135 e. The molecule has 0 fully saturated rings. The van der Waals surface area contributed by atoms with Crippen LogP contribution in [0.1, 0.15) is 97.1 Å². The molecule has 0 N–H and O–H groups in total. The van der Waals surface area contributed by atoms with E-state index in [1.807, 2.05) is 12.3 Å². The molecule has 1 aliphatic heterocycles. The quantitative estimate of drug-likeness (QED) is 0.135. The minimum Gasteiger partial charge on any atom is -0.509 e. The number of benzene rings is 6. The minimum absolute atomic E-state index is 0. The van der Waals surface area contributed by atoms with Gasteiger partial charge in [0.05, 0.1) is 0 Å². The van der Waals surface area contributed by atoms with Gasteiger partial charge in [-0.15, -0.1) is 53.6 Å². The fourth-order valence-electron chi connectivity index (χ4n) is 8.76. The van der Waals surface area contributed by atoms with E-state index in [0.717, 1.165) is 44.6 Å². The number of ether oxygens (including phenoxy) is 1. The Kier molecular flexibility index (Phi) is 11.8. The van der Waals surface area contributed by atoms with Crippen molar-refractivity contribution in [2.24, 2.45) is 5.41 Å². The average molecular weight is 1020 g/mol. The van der Waals surface area contributed by atoms with Gasteiger partial charge in [0.1, 0.15) is 5.82 Å². The van der Waals surface area contributed by atoms with Crippen LogP contribution in [0.2, 0.25) is 0 Å². The number of hydrogen-bond acceptors (Lipinski definition) is 4. The molecule has 0 spiro atoms. The Bertz CT molecular complexity index is 2970. The van der Waals surface area contributed by atoms with Gasteiger partial charge in [0, 0.05) is 71.9 Å². The van der Waals surface area contributed by atoms with Gasteiger partial charge < -0.3 is 19.1 Å². The van der Waals surface area contributed by atoms with Gasteiger partial charge in [0.15, 0.2) is 0 Å². The van der Waals surface area contributed by atoms with E-state index in [1.165, 1.54) is 28.0 Å². The molecule has 8 aromatic rings. The normalized spacial score (nSPS) is 13.6. The average Bonchev–Trinajstić information content (AvgIpc) is 3.88. The topological polar surface area (TPSA) is 33.5 Å². The van der Waals surface area contributed by atoms with E-state index in [2.05, 4.69) is 248 Å². The molecule has 6 aromatic carbocycles. The maximum Gasteiger partial charge on any atom is 0.135 e. The second-order valence-corrected chi connectivity index (χ2v) is 20.0. The van der Waals surface area contributed by atoms with Crippen LogP contribution in [0.4, 0.5) is 11.4 Å². The van der Waals surface area contributed by atoms with Crippen LogP contribution >= 0.6 is 0 Å². The van der Waals surface area contributed by atoms with Crippen LogP contribution in [0.3, 0.4) is 0 Å². The molecular weight excluding hydrogens is 964 g/mol. The second-order valence-electron chi connectivity index (χ2n) is 20.0. The van der Waals surface area contributed by atoms with Crippen LogP contribution in [0.15, 0.2) is 164 Å². The molecule has 328 valence electrons. The van der Waals surface area contributed by atoms with Gasteiger partial charge in [-0.3, -0.25) is 0 Å². The first-order chi connectivity index (χ1) is 30.0. The zero-order chi connectivity index (χ0) is 44.3. The Hall–Kier alpha value is -5.90. The first-order valence-electron chi connectivity index (χ1n) is 22.0. The van der Waals surface area contributed by atoms with Gasteiger partial charge in [-0.1, -0.05) is 166 Å². The summed E-state index contributed by atoms with van der Waals surface area (Å²) in [5.74, 6) is 2.08. The maximum atomic E-state index is 6.81. The van der Waals surface area contributed by atoms with Crippen molar-refractivity contribution in [2.75, 3.05) is 9.80 Å². The predicted molar refractivity (Wildman–Crippen MR) is 262 cm³/mol. The molecule has 64 heavy (non-hydrogen) atoms. The Morgan fingerprint density at radius 1 is 0.531 bits per heavy atom. The number of allylic oxidation sites excluding steroid dienone is 1. The van der Waals surface area contributed by atoms with Crippen LogP contribution in [0.25, 0.3) is 27.6 Å². The van der Waals surface area contributed by atoms with Crippen LogP contribution < -0.4 is 14.5 Å². The summed E-state index contributed by atoms with van der Waals surface area (Å²) in [7, 11) is 0. The van der Waals surface area contributed by atoms with Crippen molar-refractivity contribution in [2.45, 2.75) is 85.5 Å². The number of fused-ring (bicyclic) bond motifs is 3. The van der Waals surface area contributed by atoms with E-state index in [0.29, 0.717) is 11.5 Å². The summed E-state index contributed by atoms with van der Waals surface area (Å²) >= 11 is 0. The van der Waals surface area contributed by atoms with Gasteiger partial charge >= 0.3 is 0 Å². The van der Waals surface area contributed by atoms with E-state index >= 15 is 0 Å². The molecule has 6 heteroatoms. The molecule has 0 saturated carbocycles. The van der Waals surface area contributed by atoms with Crippen LogP contribution in [-0.2, 0) is 37.3 Å². The predicted octanol–water partition coefficient (Wildman–Crippen LogP) is 14.9. The molecule has 5 nitrogen and oxygen atoms in total. The van der Waals surface area contributed by atoms with Crippen LogP contribution in [-0.4, -0.2) is 9.55 Å². The molecule has 2 aromatic heterocycles. The molecule has 1 aliphatic rings. The van der Waals surface area contributed by atoms with Gasteiger partial charge in [-0.25, -0.2) is 4.98 Å². The fourth-order valence-corrected chi connectivity index (χ4v) is 8.76. The summed E-state index contributed by atoms with van der Waals surface area (Å²) in [5, 5.41) is 2.22. The molecule has 0 aliphatic carbocycles. The zero-order valence-electron chi connectivity index (χ0n) is 38.6. The molecular formula is C58H57N4OPt-3. The molecule has 0 amide bonds. The Balaban J connectivity index is 0.00000560. The molecule has 0 saturated heterocycles. The maximum absolute atomic E-state index is 6.81. The summed E-state index contributed by atoms with van der Waals surface area (Å²) < 4.78 is 9.03. The van der Waals surface area contributed by atoms with Crippen molar-refractivity contribution >= 4 is 33.2 Å². The first kappa shape index (κ1) is 44.7. The van der Waals surface area contributed by atoms with E-state index in [9.17, 15) is 0 Å². The summed E-state index contributed by atoms with van der Waals surface area (Å²) in [6, 6.07) is 59.1. The number of pyridine rings is 1. The summed E-state index contributed by atoms with van der Waals surface area (Å²) in [6.07, 6.45) is 4.16. The van der Waals surface area contributed by atoms with Crippen molar-refractivity contribution in [1.29, 1.82) is 0 Å². The Morgan fingerprint density at radius 2 is 1.14 bits per heavy atom. The largest absolute Gasteiger partial charge is 0.509 e. The summed E-state index contributed by atoms with van der Waals surface area (Å²) in [5.41, 5.74) is 10.7.